The molecule has 1 unspecified atom stereocenters. The Morgan fingerprint density at radius 1 is 1.33 bits per heavy atom. The van der Waals surface area contributed by atoms with Crippen LogP contribution in [0.4, 0.5) is 0 Å². The van der Waals surface area contributed by atoms with E-state index in [1.165, 1.54) is 6.26 Å². The maximum Gasteiger partial charge on any atom is 0.261 e. The molecular weight excluding hydrogens is 290 g/mol. The molecule has 0 fully saturated rings. The number of halogens is 1. The Balaban J connectivity index is 2.23. The number of fused-ring (bicyclic) bond motifs is 1. The standard InChI is InChI=1S/C15H14ClN3O2/c1-2-12(16)14-17-13-6-4-3-5-11(13)15(20)19(14)9-10-7-8-21-18-10/h3-8,12H,2,9H2,1H3. The summed E-state index contributed by atoms with van der Waals surface area (Å²) in [5, 5.41) is 4.10. The van der Waals surface area contributed by atoms with Crippen molar-refractivity contribution in [3.8, 4) is 0 Å². The zero-order chi connectivity index (χ0) is 14.8. The Labute approximate surface area is 126 Å². The minimum atomic E-state index is -0.325. The van der Waals surface area contributed by atoms with Crippen LogP contribution in [0.25, 0.3) is 10.9 Å². The molecule has 3 rings (SSSR count). The summed E-state index contributed by atoms with van der Waals surface area (Å²) in [5.41, 5.74) is 1.21. The number of nitrogens with zero attached hydrogens (tertiary/aromatic N) is 3. The topological polar surface area (TPSA) is 60.9 Å². The fourth-order valence-electron chi connectivity index (χ4n) is 2.24. The third-order valence-corrected chi connectivity index (χ3v) is 3.84. The fourth-order valence-corrected chi connectivity index (χ4v) is 2.41. The second-order valence-electron chi connectivity index (χ2n) is 4.75. The van der Waals surface area contributed by atoms with Gasteiger partial charge in [0, 0.05) is 6.07 Å². The zero-order valence-electron chi connectivity index (χ0n) is 11.5. The lowest BCUT2D eigenvalue weighted by Gasteiger charge is -2.15. The first kappa shape index (κ1) is 13.8. The Kier molecular flexibility index (Phi) is 3.75. The van der Waals surface area contributed by atoms with Crippen molar-refractivity contribution in [2.24, 2.45) is 0 Å². The summed E-state index contributed by atoms with van der Waals surface area (Å²) in [6.45, 7) is 2.26. The largest absolute Gasteiger partial charge is 0.364 e. The van der Waals surface area contributed by atoms with Gasteiger partial charge in [-0.1, -0.05) is 24.2 Å². The van der Waals surface area contributed by atoms with Crippen LogP contribution in [0.2, 0.25) is 0 Å². The van der Waals surface area contributed by atoms with Crippen molar-refractivity contribution in [2.75, 3.05) is 0 Å². The van der Waals surface area contributed by atoms with E-state index < -0.39 is 0 Å². The molecule has 0 saturated carbocycles. The number of hydrogen-bond acceptors (Lipinski definition) is 4. The van der Waals surface area contributed by atoms with Crippen LogP contribution in [0, 0.1) is 0 Å². The van der Waals surface area contributed by atoms with Gasteiger partial charge in [0.15, 0.2) is 0 Å². The molecule has 21 heavy (non-hydrogen) atoms. The van der Waals surface area contributed by atoms with Gasteiger partial charge in [-0.05, 0) is 18.6 Å². The summed E-state index contributed by atoms with van der Waals surface area (Å²) in [5.74, 6) is 0.561. The highest BCUT2D eigenvalue weighted by molar-refractivity contribution is 6.20. The molecule has 0 aliphatic heterocycles. The lowest BCUT2D eigenvalue weighted by atomic mass is 10.2. The molecule has 108 valence electrons. The van der Waals surface area contributed by atoms with Crippen LogP contribution in [-0.2, 0) is 6.54 Å². The van der Waals surface area contributed by atoms with Crippen LogP contribution in [-0.4, -0.2) is 14.7 Å². The number of alkyl halides is 1. The molecule has 2 heterocycles. The highest BCUT2D eigenvalue weighted by Crippen LogP contribution is 2.23. The van der Waals surface area contributed by atoms with Crippen molar-refractivity contribution < 1.29 is 4.52 Å². The van der Waals surface area contributed by atoms with Gasteiger partial charge < -0.3 is 4.52 Å². The molecule has 2 aromatic heterocycles. The zero-order valence-corrected chi connectivity index (χ0v) is 12.2. The Morgan fingerprint density at radius 2 is 2.14 bits per heavy atom. The normalized spacial score (nSPS) is 12.7. The van der Waals surface area contributed by atoms with Crippen LogP contribution in [0.5, 0.6) is 0 Å². The molecule has 0 amide bonds. The van der Waals surface area contributed by atoms with Crippen LogP contribution in [0.1, 0.15) is 30.2 Å². The van der Waals surface area contributed by atoms with Crippen molar-refractivity contribution in [1.82, 2.24) is 14.7 Å². The Bertz CT molecular complexity index is 811. The molecule has 1 atom stereocenters. The van der Waals surface area contributed by atoms with Gasteiger partial charge >= 0.3 is 0 Å². The van der Waals surface area contributed by atoms with Gasteiger partial charge in [0.2, 0.25) is 0 Å². The summed E-state index contributed by atoms with van der Waals surface area (Å²) < 4.78 is 6.39. The van der Waals surface area contributed by atoms with Crippen LogP contribution in [0.15, 0.2) is 45.9 Å². The third kappa shape index (κ3) is 2.56. The molecule has 5 nitrogen and oxygen atoms in total. The maximum absolute atomic E-state index is 12.7. The fraction of sp³-hybridized carbons (Fsp3) is 0.267. The first-order valence-electron chi connectivity index (χ1n) is 6.73. The predicted molar refractivity (Wildman–Crippen MR) is 80.5 cm³/mol. The lowest BCUT2D eigenvalue weighted by Crippen LogP contribution is -2.26. The first-order chi connectivity index (χ1) is 10.2. The second kappa shape index (κ2) is 5.69. The Hall–Kier alpha value is -2.14. The SMILES string of the molecule is CCC(Cl)c1nc2ccccc2c(=O)n1Cc1ccon1. The molecule has 3 aromatic rings. The van der Waals surface area contributed by atoms with Crippen LogP contribution < -0.4 is 5.56 Å². The first-order valence-corrected chi connectivity index (χ1v) is 7.17. The minimum absolute atomic E-state index is 0.113. The molecule has 0 radical (unpaired) electrons. The van der Waals surface area contributed by atoms with E-state index in [4.69, 9.17) is 16.1 Å². The van der Waals surface area contributed by atoms with E-state index >= 15 is 0 Å². The van der Waals surface area contributed by atoms with Gasteiger partial charge in [-0.3, -0.25) is 9.36 Å². The van der Waals surface area contributed by atoms with E-state index in [9.17, 15) is 4.79 Å². The third-order valence-electron chi connectivity index (χ3n) is 3.34. The lowest BCUT2D eigenvalue weighted by molar-refractivity contribution is 0.408. The molecule has 0 aliphatic rings. The van der Waals surface area contributed by atoms with Gasteiger partial charge in [-0.2, -0.15) is 0 Å². The molecule has 1 aromatic carbocycles. The molecule has 6 heteroatoms. The molecular formula is C15H14ClN3O2. The number of rotatable bonds is 4. The van der Waals surface area contributed by atoms with E-state index in [1.54, 1.807) is 16.7 Å². The number of benzene rings is 1. The summed E-state index contributed by atoms with van der Waals surface area (Å²) in [4.78, 5) is 17.3. The number of aromatic nitrogens is 3. The average molecular weight is 304 g/mol. The molecule has 0 aliphatic carbocycles. The summed E-state index contributed by atoms with van der Waals surface area (Å²) in [6.07, 6.45) is 2.16. The van der Waals surface area contributed by atoms with Crippen LogP contribution in [0.3, 0.4) is 0 Å². The monoisotopic (exact) mass is 303 g/mol. The van der Waals surface area contributed by atoms with Gasteiger partial charge in [0.25, 0.3) is 5.56 Å². The number of para-hydroxylation sites is 1. The summed E-state index contributed by atoms with van der Waals surface area (Å²) in [7, 11) is 0. The van der Waals surface area contributed by atoms with Gasteiger partial charge in [-0.15, -0.1) is 11.6 Å². The maximum atomic E-state index is 12.7. The quantitative estimate of drug-likeness (QED) is 0.695. The number of hydrogen-bond donors (Lipinski definition) is 0. The molecule has 0 N–H and O–H groups in total. The predicted octanol–water partition coefficient (Wildman–Crippen LogP) is 3.12. The summed E-state index contributed by atoms with van der Waals surface area (Å²) in [6, 6.07) is 8.99. The van der Waals surface area contributed by atoms with E-state index in [-0.39, 0.29) is 10.9 Å². The highest BCUT2D eigenvalue weighted by atomic mass is 35.5. The van der Waals surface area contributed by atoms with E-state index in [2.05, 4.69) is 10.1 Å². The van der Waals surface area contributed by atoms with Gasteiger partial charge in [-0.25, -0.2) is 4.98 Å². The van der Waals surface area contributed by atoms with Crippen LogP contribution >= 0.6 is 11.6 Å². The van der Waals surface area contributed by atoms with Gasteiger partial charge in [0.05, 0.1) is 22.8 Å². The highest BCUT2D eigenvalue weighted by Gasteiger charge is 2.17. The molecule has 0 bridgehead atoms. The minimum Gasteiger partial charge on any atom is -0.364 e. The van der Waals surface area contributed by atoms with E-state index in [0.717, 1.165) is 0 Å². The van der Waals surface area contributed by atoms with Crippen molar-refractivity contribution >= 4 is 22.5 Å². The van der Waals surface area contributed by atoms with Crippen molar-refractivity contribution in [2.45, 2.75) is 25.3 Å². The smallest absolute Gasteiger partial charge is 0.261 e. The second-order valence-corrected chi connectivity index (χ2v) is 5.27. The van der Waals surface area contributed by atoms with Crippen molar-refractivity contribution in [3.05, 3.63) is 58.5 Å². The van der Waals surface area contributed by atoms with E-state index in [1.807, 2.05) is 25.1 Å². The molecule has 0 saturated heterocycles. The van der Waals surface area contributed by atoms with Crippen molar-refractivity contribution in [1.29, 1.82) is 0 Å². The Morgan fingerprint density at radius 3 is 2.86 bits per heavy atom. The van der Waals surface area contributed by atoms with E-state index in [0.29, 0.717) is 35.4 Å². The molecule has 0 spiro atoms. The summed E-state index contributed by atoms with van der Waals surface area (Å²) >= 11 is 6.34. The van der Waals surface area contributed by atoms with Gasteiger partial charge in [0.1, 0.15) is 17.8 Å². The average Bonchev–Trinajstić information content (AvgIpc) is 3.02. The van der Waals surface area contributed by atoms with Crippen molar-refractivity contribution in [3.63, 3.8) is 0 Å².